The number of nitrogens with zero attached hydrogens (tertiary/aromatic N) is 2. The first kappa shape index (κ1) is 21.0. The van der Waals surface area contributed by atoms with Gasteiger partial charge in [0.1, 0.15) is 17.7 Å². The molecule has 0 bridgehead atoms. The zero-order valence-corrected chi connectivity index (χ0v) is 17.2. The molecule has 1 heterocycles. The summed E-state index contributed by atoms with van der Waals surface area (Å²) in [6.07, 6.45) is 1.33. The molecule has 1 N–H and O–H groups in total. The van der Waals surface area contributed by atoms with Crippen LogP contribution in [0.1, 0.15) is 30.1 Å². The maximum atomic E-state index is 13.1. The molecule has 1 aliphatic rings. The maximum absolute atomic E-state index is 13.1. The van der Waals surface area contributed by atoms with E-state index in [1.165, 1.54) is 12.1 Å². The Morgan fingerprint density at radius 3 is 2.10 bits per heavy atom. The number of piperidine rings is 1. The summed E-state index contributed by atoms with van der Waals surface area (Å²) in [6, 6.07) is 23.7. The van der Waals surface area contributed by atoms with Crippen LogP contribution < -0.4 is 4.74 Å². The van der Waals surface area contributed by atoms with E-state index in [0.717, 1.165) is 48.4 Å². The molecule has 1 aliphatic heterocycles. The summed E-state index contributed by atoms with van der Waals surface area (Å²) in [4.78, 5) is 2.22. The Labute approximate surface area is 182 Å². The number of halogens is 1. The number of nitriles is 1. The highest BCUT2D eigenvalue weighted by Gasteiger charge is 2.22. The van der Waals surface area contributed by atoms with Crippen LogP contribution in [0, 0.1) is 17.1 Å². The molecule has 4 nitrogen and oxygen atoms in total. The van der Waals surface area contributed by atoms with Gasteiger partial charge in [-0.3, -0.25) is 0 Å². The van der Waals surface area contributed by atoms with Gasteiger partial charge in [0.05, 0.1) is 17.7 Å². The van der Waals surface area contributed by atoms with Crippen molar-refractivity contribution < 1.29 is 14.2 Å². The average Bonchev–Trinajstić information content (AvgIpc) is 2.81. The first-order chi connectivity index (χ1) is 15.1. The molecule has 1 fully saturated rings. The monoisotopic (exact) mass is 416 g/mol. The number of hydrogen-bond donors (Lipinski definition) is 1. The van der Waals surface area contributed by atoms with Crippen molar-refractivity contribution in [2.24, 2.45) is 0 Å². The lowest BCUT2D eigenvalue weighted by Crippen LogP contribution is -2.40. The molecule has 158 valence electrons. The predicted octanol–water partition coefficient (Wildman–Crippen LogP) is 4.94. The number of likely N-dealkylation sites (tertiary alicyclic amines) is 1. The second-order valence-corrected chi connectivity index (χ2v) is 7.90. The van der Waals surface area contributed by atoms with Gasteiger partial charge in [-0.25, -0.2) is 4.39 Å². The first-order valence-electron chi connectivity index (χ1n) is 10.5. The van der Waals surface area contributed by atoms with E-state index >= 15 is 0 Å². The number of β-amino-alcohol motifs (C(OH)–C–C–N with tert-alkyl or cyclic N) is 1. The Kier molecular flexibility index (Phi) is 6.61. The van der Waals surface area contributed by atoms with Crippen LogP contribution in [0.15, 0.2) is 72.8 Å². The molecule has 0 radical (unpaired) electrons. The van der Waals surface area contributed by atoms with Crippen LogP contribution in [0.5, 0.6) is 5.75 Å². The summed E-state index contributed by atoms with van der Waals surface area (Å²) >= 11 is 0. The quantitative estimate of drug-likeness (QED) is 0.618. The van der Waals surface area contributed by atoms with Gasteiger partial charge in [0.2, 0.25) is 0 Å². The molecular formula is C26H25FN2O2. The van der Waals surface area contributed by atoms with Crippen molar-refractivity contribution >= 4 is 0 Å². The minimum Gasteiger partial charge on any atom is -0.490 e. The fraction of sp³-hybridized carbons (Fsp3) is 0.269. The third-order valence-electron chi connectivity index (χ3n) is 5.72. The van der Waals surface area contributed by atoms with Gasteiger partial charge in [-0.2, -0.15) is 5.26 Å². The number of hydrogen-bond acceptors (Lipinski definition) is 4. The molecule has 0 aliphatic carbocycles. The lowest BCUT2D eigenvalue weighted by molar-refractivity contribution is 0.0610. The largest absolute Gasteiger partial charge is 0.490 e. The zero-order valence-electron chi connectivity index (χ0n) is 17.2. The predicted molar refractivity (Wildman–Crippen MR) is 118 cm³/mol. The van der Waals surface area contributed by atoms with Crippen molar-refractivity contribution in [3.8, 4) is 22.9 Å². The molecule has 4 rings (SSSR count). The number of rotatable bonds is 6. The Bertz CT molecular complexity index is 1020. The van der Waals surface area contributed by atoms with Crippen LogP contribution in [0.4, 0.5) is 4.39 Å². The number of aliphatic hydroxyl groups excluding tert-OH is 1. The fourth-order valence-electron chi connectivity index (χ4n) is 3.90. The first-order valence-corrected chi connectivity index (χ1v) is 10.5. The normalized spacial score (nSPS) is 15.9. The standard InChI is InChI=1S/C26H25FN2O2/c27-23-9-5-22(6-10-23)26(30)18-29-15-13-25(14-16-29)31-24-11-7-21(8-12-24)20-3-1-19(17-28)2-4-20/h1-12,25-26,30H,13-16,18H2. The van der Waals surface area contributed by atoms with Gasteiger partial charge < -0.3 is 14.7 Å². The minimum absolute atomic E-state index is 0.153. The van der Waals surface area contributed by atoms with Crippen LogP contribution in [0.2, 0.25) is 0 Å². The molecular weight excluding hydrogens is 391 g/mol. The van der Waals surface area contributed by atoms with E-state index < -0.39 is 6.10 Å². The van der Waals surface area contributed by atoms with Gasteiger partial charge in [0.15, 0.2) is 0 Å². The van der Waals surface area contributed by atoms with Crippen molar-refractivity contribution in [2.45, 2.75) is 25.0 Å². The molecule has 5 heteroatoms. The molecule has 1 atom stereocenters. The van der Waals surface area contributed by atoms with Gasteiger partial charge >= 0.3 is 0 Å². The van der Waals surface area contributed by atoms with Crippen molar-refractivity contribution in [3.05, 3.63) is 89.7 Å². The van der Waals surface area contributed by atoms with E-state index in [-0.39, 0.29) is 11.9 Å². The lowest BCUT2D eigenvalue weighted by atomic mass is 10.0. The summed E-state index contributed by atoms with van der Waals surface area (Å²) in [5.41, 5.74) is 3.54. The van der Waals surface area contributed by atoms with E-state index in [4.69, 9.17) is 10.00 Å². The fourth-order valence-corrected chi connectivity index (χ4v) is 3.90. The molecule has 1 saturated heterocycles. The van der Waals surface area contributed by atoms with E-state index in [9.17, 15) is 9.50 Å². The second-order valence-electron chi connectivity index (χ2n) is 7.90. The number of aliphatic hydroxyl groups is 1. The summed E-state index contributed by atoms with van der Waals surface area (Å²) in [5.74, 6) is 0.557. The van der Waals surface area contributed by atoms with Crippen LogP contribution in [0.25, 0.3) is 11.1 Å². The summed E-state index contributed by atoms with van der Waals surface area (Å²) in [6.45, 7) is 2.25. The molecule has 31 heavy (non-hydrogen) atoms. The smallest absolute Gasteiger partial charge is 0.123 e. The molecule has 0 amide bonds. The average molecular weight is 416 g/mol. The Hall–Kier alpha value is -3.20. The van der Waals surface area contributed by atoms with E-state index in [0.29, 0.717) is 12.1 Å². The Morgan fingerprint density at radius 2 is 1.52 bits per heavy atom. The van der Waals surface area contributed by atoms with Gasteiger partial charge in [-0.1, -0.05) is 36.4 Å². The van der Waals surface area contributed by atoms with Gasteiger partial charge in [-0.05, 0) is 65.9 Å². The SMILES string of the molecule is N#Cc1ccc(-c2ccc(OC3CCN(CC(O)c4ccc(F)cc4)CC3)cc2)cc1. The van der Waals surface area contributed by atoms with E-state index in [2.05, 4.69) is 11.0 Å². The summed E-state index contributed by atoms with van der Waals surface area (Å²) in [5, 5.41) is 19.3. The summed E-state index contributed by atoms with van der Waals surface area (Å²) in [7, 11) is 0. The Morgan fingerprint density at radius 1 is 0.935 bits per heavy atom. The highest BCUT2D eigenvalue weighted by molar-refractivity contribution is 5.64. The molecule has 0 aromatic heterocycles. The van der Waals surface area contributed by atoms with Crippen LogP contribution in [-0.4, -0.2) is 35.7 Å². The van der Waals surface area contributed by atoms with Crippen LogP contribution in [-0.2, 0) is 0 Å². The van der Waals surface area contributed by atoms with Crippen molar-refractivity contribution in [3.63, 3.8) is 0 Å². The van der Waals surface area contributed by atoms with E-state index in [1.54, 1.807) is 12.1 Å². The third-order valence-corrected chi connectivity index (χ3v) is 5.72. The van der Waals surface area contributed by atoms with Crippen molar-refractivity contribution in [1.29, 1.82) is 5.26 Å². The minimum atomic E-state index is -0.618. The molecule has 0 spiro atoms. The van der Waals surface area contributed by atoms with Crippen molar-refractivity contribution in [1.82, 2.24) is 4.90 Å². The topological polar surface area (TPSA) is 56.5 Å². The van der Waals surface area contributed by atoms with Gasteiger partial charge in [-0.15, -0.1) is 0 Å². The molecule has 3 aromatic carbocycles. The molecule has 3 aromatic rings. The van der Waals surface area contributed by atoms with E-state index in [1.807, 2.05) is 48.5 Å². The number of ether oxygens (including phenoxy) is 1. The second kappa shape index (κ2) is 9.74. The molecule has 1 unspecified atom stereocenters. The molecule has 0 saturated carbocycles. The third kappa shape index (κ3) is 5.49. The maximum Gasteiger partial charge on any atom is 0.123 e. The van der Waals surface area contributed by atoms with Gasteiger partial charge in [0.25, 0.3) is 0 Å². The van der Waals surface area contributed by atoms with Gasteiger partial charge in [0, 0.05) is 19.6 Å². The zero-order chi connectivity index (χ0) is 21.6. The highest BCUT2D eigenvalue weighted by atomic mass is 19.1. The van der Waals surface area contributed by atoms with Crippen molar-refractivity contribution in [2.75, 3.05) is 19.6 Å². The summed E-state index contributed by atoms with van der Waals surface area (Å²) < 4.78 is 19.2. The van der Waals surface area contributed by atoms with Crippen LogP contribution >= 0.6 is 0 Å². The highest BCUT2D eigenvalue weighted by Crippen LogP contribution is 2.25. The lowest BCUT2D eigenvalue weighted by Gasteiger charge is -2.33. The van der Waals surface area contributed by atoms with Crippen LogP contribution in [0.3, 0.4) is 0 Å². The number of benzene rings is 3. The Balaban J connectivity index is 1.26.